The summed E-state index contributed by atoms with van der Waals surface area (Å²) in [5.74, 6) is 0.196. The number of hydrogen-bond acceptors (Lipinski definition) is 6. The van der Waals surface area contributed by atoms with Gasteiger partial charge >= 0.3 is 0 Å². The number of aromatic nitrogens is 2. The lowest BCUT2D eigenvalue weighted by Crippen LogP contribution is -2.82. The summed E-state index contributed by atoms with van der Waals surface area (Å²) in [6, 6.07) is 0. The van der Waals surface area contributed by atoms with Gasteiger partial charge in [-0.1, -0.05) is 132 Å². The first-order chi connectivity index (χ1) is 19.0. The normalized spacial score (nSPS) is 29.2. The van der Waals surface area contributed by atoms with Crippen molar-refractivity contribution < 1.29 is 9.90 Å². The van der Waals surface area contributed by atoms with E-state index in [4.69, 9.17) is 10.7 Å². The van der Waals surface area contributed by atoms with Crippen LogP contribution in [-0.4, -0.2) is 37.7 Å². The number of nitrogens with zero attached hydrogens (tertiary/aromatic N) is 2. The van der Waals surface area contributed by atoms with Crippen molar-refractivity contribution in [2.75, 3.05) is 10.6 Å². The lowest BCUT2D eigenvalue weighted by molar-refractivity contribution is -0.322. The molecule has 2 rings (SSSR count). The number of primary amides is 1. The molecule has 1 aromatic rings. The van der Waals surface area contributed by atoms with Gasteiger partial charge in [-0.2, -0.15) is 4.98 Å². The van der Waals surface area contributed by atoms with Gasteiger partial charge in [0.25, 0.3) is 5.91 Å². The maximum absolute atomic E-state index is 12.9. The van der Waals surface area contributed by atoms with Gasteiger partial charge in [-0.25, -0.2) is 4.98 Å². The molecule has 44 heavy (non-hydrogen) atoms. The van der Waals surface area contributed by atoms with Crippen LogP contribution in [0.2, 0.25) is 0 Å². The molecule has 0 bridgehead atoms. The van der Waals surface area contributed by atoms with Crippen LogP contribution < -0.4 is 16.4 Å². The molecule has 3 unspecified atom stereocenters. The Balaban J connectivity index is 2.96. The highest BCUT2D eigenvalue weighted by molar-refractivity contribution is 5.97. The van der Waals surface area contributed by atoms with Gasteiger partial charge in [0.2, 0.25) is 5.95 Å². The van der Waals surface area contributed by atoms with Gasteiger partial charge in [0.05, 0.1) is 16.7 Å². The molecule has 1 amide bonds. The highest BCUT2D eigenvalue weighted by Crippen LogP contribution is 2.76. The molecule has 0 aromatic carbocycles. The highest BCUT2D eigenvalue weighted by atomic mass is 16.3. The second-order valence-electron chi connectivity index (χ2n) is 20.0. The number of carbonyl (C=O) groups is 1. The van der Waals surface area contributed by atoms with E-state index >= 15 is 0 Å². The summed E-state index contributed by atoms with van der Waals surface area (Å²) >= 11 is 0. The Morgan fingerprint density at radius 1 is 0.727 bits per heavy atom. The van der Waals surface area contributed by atoms with E-state index in [1.807, 2.05) is 6.92 Å². The van der Waals surface area contributed by atoms with Crippen molar-refractivity contribution in [3.8, 4) is 0 Å². The molecule has 1 aliphatic carbocycles. The van der Waals surface area contributed by atoms with Crippen molar-refractivity contribution in [3.05, 3.63) is 11.8 Å². The molecule has 0 aliphatic heterocycles. The molecule has 1 aliphatic rings. The van der Waals surface area contributed by atoms with Gasteiger partial charge in [0.15, 0.2) is 0 Å². The van der Waals surface area contributed by atoms with E-state index in [0.29, 0.717) is 11.8 Å². The summed E-state index contributed by atoms with van der Waals surface area (Å²) in [4.78, 5) is 22.6. The van der Waals surface area contributed by atoms with Crippen molar-refractivity contribution >= 4 is 17.7 Å². The second-order valence-corrected chi connectivity index (χ2v) is 20.0. The van der Waals surface area contributed by atoms with Gasteiger partial charge in [0.1, 0.15) is 5.82 Å². The zero-order valence-electron chi connectivity index (χ0n) is 32.4. The van der Waals surface area contributed by atoms with Crippen molar-refractivity contribution in [2.45, 2.75) is 162 Å². The molecule has 7 nitrogen and oxygen atoms in total. The summed E-state index contributed by atoms with van der Waals surface area (Å²) in [5, 5.41) is 20.4. The first kappa shape index (κ1) is 38.3. The fourth-order valence-electron chi connectivity index (χ4n) is 10.8. The third-order valence-corrected chi connectivity index (χ3v) is 14.1. The molecule has 1 aromatic heterocycles. The van der Waals surface area contributed by atoms with Crippen LogP contribution >= 0.6 is 0 Å². The van der Waals surface area contributed by atoms with Crippen molar-refractivity contribution in [1.29, 1.82) is 0 Å². The first-order valence-electron chi connectivity index (χ1n) is 16.4. The Hall–Kier alpha value is -1.89. The molecule has 1 saturated carbocycles. The lowest BCUT2D eigenvalue weighted by atomic mass is 9.29. The minimum Gasteiger partial charge on any atom is -0.389 e. The smallest absolute Gasteiger partial charge is 0.254 e. The van der Waals surface area contributed by atoms with Gasteiger partial charge in [-0.15, -0.1) is 0 Å². The summed E-state index contributed by atoms with van der Waals surface area (Å²) in [5.41, 5.74) is 1.00. The molecule has 1 fully saturated rings. The number of carbonyl (C=O) groups excluding carboxylic acids is 1. The Labute approximate surface area is 270 Å². The van der Waals surface area contributed by atoms with Crippen LogP contribution in [0.15, 0.2) is 6.20 Å². The maximum Gasteiger partial charge on any atom is 0.254 e. The van der Waals surface area contributed by atoms with Gasteiger partial charge in [-0.05, 0) is 46.3 Å². The lowest BCUT2D eigenvalue weighted by Gasteiger charge is -2.78. The zero-order chi connectivity index (χ0) is 35.3. The average molecular weight is 616 g/mol. The van der Waals surface area contributed by atoms with Crippen molar-refractivity contribution in [2.24, 2.45) is 49.1 Å². The number of amides is 1. The molecule has 0 saturated heterocycles. The quantitative estimate of drug-likeness (QED) is 0.263. The molecule has 0 radical (unpaired) electrons. The minimum absolute atomic E-state index is 0.192. The number of nitrogens with two attached hydrogens (primary N) is 1. The Morgan fingerprint density at radius 3 is 1.48 bits per heavy atom. The van der Waals surface area contributed by atoms with E-state index in [1.165, 1.54) is 6.20 Å². The fraction of sp³-hybridized carbons (Fsp3) is 0.865. The number of aliphatic hydroxyl groups is 1. The zero-order valence-corrected chi connectivity index (χ0v) is 32.4. The number of hydrogen-bond donors (Lipinski definition) is 4. The summed E-state index contributed by atoms with van der Waals surface area (Å²) < 4.78 is 0. The number of anilines is 2. The van der Waals surface area contributed by atoms with Crippen LogP contribution in [0.5, 0.6) is 0 Å². The van der Waals surface area contributed by atoms with E-state index in [2.05, 4.69) is 154 Å². The number of rotatable bonds is 5. The topological polar surface area (TPSA) is 113 Å². The van der Waals surface area contributed by atoms with E-state index in [0.717, 1.165) is 0 Å². The number of nitrogens with one attached hydrogen (secondary N) is 2. The molecule has 5 N–H and O–H groups in total. The van der Waals surface area contributed by atoms with Crippen LogP contribution in [0.3, 0.4) is 0 Å². The molecular formula is C37H69N5O2. The van der Waals surface area contributed by atoms with Crippen LogP contribution in [0, 0.1) is 43.3 Å². The molecule has 0 spiro atoms. The van der Waals surface area contributed by atoms with E-state index in [1.54, 1.807) is 0 Å². The van der Waals surface area contributed by atoms with Gasteiger partial charge in [0, 0.05) is 22.6 Å². The van der Waals surface area contributed by atoms with E-state index < -0.39 is 38.8 Å². The third kappa shape index (κ3) is 4.63. The molecular weight excluding hydrogens is 546 g/mol. The highest BCUT2D eigenvalue weighted by Gasteiger charge is 2.78. The average Bonchev–Trinajstić information content (AvgIpc) is 2.77. The van der Waals surface area contributed by atoms with Crippen molar-refractivity contribution in [1.82, 2.24) is 9.97 Å². The van der Waals surface area contributed by atoms with Crippen LogP contribution in [-0.2, 0) is 0 Å². The largest absolute Gasteiger partial charge is 0.389 e. The summed E-state index contributed by atoms with van der Waals surface area (Å²) in [7, 11) is 0. The SMILES string of the molecule is CC(C)(C)C1(C)C(C)(C)C(C)(C)C(C)(Nc2nc(NC(C(C)(C)C)(C(C)(C)C)C(C)(C)C)ncc2C(N)=O)C(C)(C)C1(C)O. The van der Waals surface area contributed by atoms with E-state index in [-0.39, 0.29) is 32.6 Å². The van der Waals surface area contributed by atoms with Crippen LogP contribution in [0.4, 0.5) is 11.8 Å². The summed E-state index contributed by atoms with van der Waals surface area (Å²) in [6.07, 6.45) is 1.54. The minimum atomic E-state index is -1.14. The third-order valence-electron chi connectivity index (χ3n) is 14.1. The predicted octanol–water partition coefficient (Wildman–Crippen LogP) is 8.93. The first-order valence-corrected chi connectivity index (χ1v) is 16.4. The van der Waals surface area contributed by atoms with Crippen LogP contribution in [0.1, 0.15) is 156 Å². The van der Waals surface area contributed by atoms with Crippen molar-refractivity contribution in [3.63, 3.8) is 0 Å². The molecule has 254 valence electrons. The second kappa shape index (κ2) is 10.1. The van der Waals surface area contributed by atoms with Crippen LogP contribution in [0.25, 0.3) is 0 Å². The fourth-order valence-corrected chi connectivity index (χ4v) is 10.8. The van der Waals surface area contributed by atoms with E-state index in [9.17, 15) is 9.90 Å². The maximum atomic E-state index is 12.9. The molecule has 1 heterocycles. The Morgan fingerprint density at radius 2 is 1.14 bits per heavy atom. The Kier molecular flexibility index (Phi) is 8.75. The summed E-state index contributed by atoms with van der Waals surface area (Å²) in [6.45, 7) is 46.7. The Bertz CT molecular complexity index is 1200. The van der Waals surface area contributed by atoms with Gasteiger partial charge in [-0.3, -0.25) is 4.79 Å². The van der Waals surface area contributed by atoms with Gasteiger partial charge < -0.3 is 21.5 Å². The molecule has 3 atom stereocenters. The molecule has 7 heteroatoms. The standard InChI is InChI=1S/C37H69N5O2/c1-27(2,3)34(19)31(13,14)32(15,16)35(20,33(17,18)36(34,21)44)41-25-23(24(38)43)22-39-26(40-25)42-37(28(4,5)6,29(7,8)9)30(10,11)12/h22,44H,1-21H3,(H2,38,43)(H2,39,40,41,42). The monoisotopic (exact) mass is 616 g/mol. The predicted molar refractivity (Wildman–Crippen MR) is 187 cm³/mol.